The molecule has 3 nitrogen and oxygen atoms in total. The van der Waals surface area contributed by atoms with Crippen LogP contribution in [0.25, 0.3) is 0 Å². The molecule has 0 spiro atoms. The van der Waals surface area contributed by atoms with Crippen molar-refractivity contribution in [3.05, 3.63) is 30.3 Å². The Balaban J connectivity index is 2.79. The maximum absolute atomic E-state index is 8.54. The zero-order valence-electron chi connectivity index (χ0n) is 6.07. The lowest BCUT2D eigenvalue weighted by Gasteiger charge is -1.94. The molecule has 0 amide bonds. The molecular formula is C8H10N2O. The number of nitrogens with zero attached hydrogens (tertiary/aromatic N) is 1. The fourth-order valence-electron chi connectivity index (χ4n) is 0.704. The van der Waals surface area contributed by atoms with E-state index in [1.807, 2.05) is 30.3 Å². The van der Waals surface area contributed by atoms with Gasteiger partial charge < -0.3 is 10.8 Å². The molecule has 0 saturated heterocycles. The van der Waals surface area contributed by atoms with E-state index in [2.05, 4.69) is 4.99 Å². The summed E-state index contributed by atoms with van der Waals surface area (Å²) in [6, 6.07) is 9.27. The van der Waals surface area contributed by atoms with E-state index in [9.17, 15) is 0 Å². The van der Waals surface area contributed by atoms with E-state index in [-0.39, 0.29) is 12.4 Å². The van der Waals surface area contributed by atoms with Gasteiger partial charge in [0.1, 0.15) is 12.4 Å². The standard InChI is InChI=1S/C8H10N2O/c9-8(6-11)10-7-4-2-1-3-5-7/h1-5,11H,6H2,(H2,9,10). The van der Waals surface area contributed by atoms with Crippen molar-refractivity contribution in [3.63, 3.8) is 0 Å². The van der Waals surface area contributed by atoms with Crippen molar-refractivity contribution < 1.29 is 5.11 Å². The van der Waals surface area contributed by atoms with Crippen LogP contribution in [-0.4, -0.2) is 17.5 Å². The average Bonchev–Trinajstić information content (AvgIpc) is 2.06. The molecule has 0 bridgehead atoms. The molecule has 0 fully saturated rings. The van der Waals surface area contributed by atoms with E-state index >= 15 is 0 Å². The summed E-state index contributed by atoms with van der Waals surface area (Å²) in [7, 11) is 0. The Morgan fingerprint density at radius 2 is 2.00 bits per heavy atom. The highest BCUT2D eigenvalue weighted by atomic mass is 16.3. The molecular weight excluding hydrogens is 140 g/mol. The quantitative estimate of drug-likeness (QED) is 0.480. The molecule has 0 unspecified atom stereocenters. The van der Waals surface area contributed by atoms with E-state index in [1.54, 1.807) is 0 Å². The largest absolute Gasteiger partial charge is 0.388 e. The predicted octanol–water partition coefficient (Wildman–Crippen LogP) is 0.668. The van der Waals surface area contributed by atoms with Gasteiger partial charge in [-0.05, 0) is 12.1 Å². The van der Waals surface area contributed by atoms with Crippen LogP contribution in [0, 0.1) is 0 Å². The SMILES string of the molecule is NC(CO)=Nc1ccccc1. The minimum Gasteiger partial charge on any atom is -0.388 e. The second-order valence-corrected chi connectivity index (χ2v) is 2.10. The molecule has 3 heteroatoms. The molecule has 0 aliphatic carbocycles. The number of aliphatic hydroxyl groups is 1. The molecule has 3 N–H and O–H groups in total. The fourth-order valence-corrected chi connectivity index (χ4v) is 0.704. The summed E-state index contributed by atoms with van der Waals surface area (Å²) in [6.45, 7) is -0.200. The van der Waals surface area contributed by atoms with Crippen LogP contribution in [0.1, 0.15) is 0 Å². The Morgan fingerprint density at radius 3 is 2.55 bits per heavy atom. The number of benzene rings is 1. The van der Waals surface area contributed by atoms with Gasteiger partial charge in [0.2, 0.25) is 0 Å². The fraction of sp³-hybridized carbons (Fsp3) is 0.125. The third-order valence-corrected chi connectivity index (χ3v) is 1.19. The first-order valence-electron chi connectivity index (χ1n) is 3.32. The Morgan fingerprint density at radius 1 is 1.36 bits per heavy atom. The molecule has 11 heavy (non-hydrogen) atoms. The molecule has 0 aliphatic rings. The second-order valence-electron chi connectivity index (χ2n) is 2.10. The number of aliphatic hydroxyl groups excluding tert-OH is 1. The normalized spacial score (nSPS) is 11.5. The Kier molecular flexibility index (Phi) is 2.63. The number of nitrogens with two attached hydrogens (primary N) is 1. The predicted molar refractivity (Wildman–Crippen MR) is 44.8 cm³/mol. The van der Waals surface area contributed by atoms with Crippen LogP contribution >= 0.6 is 0 Å². The third-order valence-electron chi connectivity index (χ3n) is 1.19. The third kappa shape index (κ3) is 2.39. The molecule has 0 atom stereocenters. The van der Waals surface area contributed by atoms with Crippen LogP contribution in [0.15, 0.2) is 35.3 Å². The van der Waals surface area contributed by atoms with Crippen LogP contribution in [0.3, 0.4) is 0 Å². The molecule has 1 aromatic rings. The summed E-state index contributed by atoms with van der Waals surface area (Å²) >= 11 is 0. The summed E-state index contributed by atoms with van der Waals surface area (Å²) in [4.78, 5) is 3.92. The first-order valence-corrected chi connectivity index (χ1v) is 3.32. The van der Waals surface area contributed by atoms with Crippen molar-refractivity contribution in [2.75, 3.05) is 6.61 Å². The van der Waals surface area contributed by atoms with Crippen LogP contribution < -0.4 is 5.73 Å². The molecule has 1 rings (SSSR count). The van der Waals surface area contributed by atoms with Crippen LogP contribution in [-0.2, 0) is 0 Å². The summed E-state index contributed by atoms with van der Waals surface area (Å²) in [6.07, 6.45) is 0. The first kappa shape index (κ1) is 7.75. The molecule has 0 saturated carbocycles. The summed E-state index contributed by atoms with van der Waals surface area (Å²) < 4.78 is 0. The van der Waals surface area contributed by atoms with Gasteiger partial charge in [-0.15, -0.1) is 0 Å². The molecule has 1 aromatic carbocycles. The lowest BCUT2D eigenvalue weighted by Crippen LogP contribution is -2.15. The van der Waals surface area contributed by atoms with Crippen molar-refractivity contribution in [1.82, 2.24) is 0 Å². The number of para-hydroxylation sites is 1. The van der Waals surface area contributed by atoms with Crippen molar-refractivity contribution in [3.8, 4) is 0 Å². The van der Waals surface area contributed by atoms with Gasteiger partial charge in [-0.2, -0.15) is 0 Å². The Bertz CT molecular complexity index is 244. The lowest BCUT2D eigenvalue weighted by molar-refractivity contribution is 0.356. The number of amidine groups is 1. The van der Waals surface area contributed by atoms with Gasteiger partial charge in [0.15, 0.2) is 0 Å². The van der Waals surface area contributed by atoms with Crippen molar-refractivity contribution in [2.24, 2.45) is 10.7 Å². The lowest BCUT2D eigenvalue weighted by atomic mass is 10.3. The minimum atomic E-state index is -0.200. The van der Waals surface area contributed by atoms with Crippen molar-refractivity contribution in [2.45, 2.75) is 0 Å². The molecule has 0 radical (unpaired) electrons. The number of rotatable bonds is 2. The van der Waals surface area contributed by atoms with Crippen molar-refractivity contribution in [1.29, 1.82) is 0 Å². The minimum absolute atomic E-state index is 0.200. The molecule has 0 heterocycles. The number of aliphatic imine (C=N–C) groups is 1. The number of hydrogen-bond acceptors (Lipinski definition) is 2. The maximum Gasteiger partial charge on any atom is 0.125 e. The zero-order valence-corrected chi connectivity index (χ0v) is 6.07. The second kappa shape index (κ2) is 3.73. The zero-order chi connectivity index (χ0) is 8.10. The van der Waals surface area contributed by atoms with Gasteiger partial charge in [-0.1, -0.05) is 18.2 Å². The summed E-state index contributed by atoms with van der Waals surface area (Å²) in [5.74, 6) is 0.233. The van der Waals surface area contributed by atoms with E-state index in [0.29, 0.717) is 0 Å². The van der Waals surface area contributed by atoms with E-state index < -0.39 is 0 Å². The van der Waals surface area contributed by atoms with Gasteiger partial charge >= 0.3 is 0 Å². The number of hydrogen-bond donors (Lipinski definition) is 2. The Hall–Kier alpha value is -1.35. The van der Waals surface area contributed by atoms with Crippen molar-refractivity contribution >= 4 is 11.5 Å². The van der Waals surface area contributed by atoms with Gasteiger partial charge in [0, 0.05) is 0 Å². The highest BCUT2D eigenvalue weighted by Gasteiger charge is 1.88. The topological polar surface area (TPSA) is 58.6 Å². The highest BCUT2D eigenvalue weighted by Crippen LogP contribution is 2.08. The first-order chi connectivity index (χ1) is 5.33. The van der Waals surface area contributed by atoms with E-state index in [0.717, 1.165) is 5.69 Å². The Labute approximate surface area is 65.2 Å². The van der Waals surface area contributed by atoms with Crippen LogP contribution in [0.4, 0.5) is 5.69 Å². The van der Waals surface area contributed by atoms with Crippen LogP contribution in [0.2, 0.25) is 0 Å². The summed E-state index contributed by atoms with van der Waals surface area (Å²) in [5.41, 5.74) is 6.07. The highest BCUT2D eigenvalue weighted by molar-refractivity contribution is 5.83. The molecule has 58 valence electrons. The van der Waals surface area contributed by atoms with Gasteiger partial charge in [-0.25, -0.2) is 4.99 Å². The molecule has 0 aromatic heterocycles. The van der Waals surface area contributed by atoms with Crippen LogP contribution in [0.5, 0.6) is 0 Å². The molecule has 0 aliphatic heterocycles. The average molecular weight is 150 g/mol. The maximum atomic E-state index is 8.54. The summed E-state index contributed by atoms with van der Waals surface area (Å²) in [5, 5.41) is 8.54. The van der Waals surface area contributed by atoms with Gasteiger partial charge in [-0.3, -0.25) is 0 Å². The van der Waals surface area contributed by atoms with Gasteiger partial charge in [0.05, 0.1) is 5.69 Å². The van der Waals surface area contributed by atoms with Gasteiger partial charge in [0.25, 0.3) is 0 Å². The van der Waals surface area contributed by atoms with E-state index in [4.69, 9.17) is 10.8 Å². The smallest absolute Gasteiger partial charge is 0.125 e. The monoisotopic (exact) mass is 150 g/mol. The van der Waals surface area contributed by atoms with E-state index in [1.165, 1.54) is 0 Å².